The topological polar surface area (TPSA) is 130 Å². The van der Waals surface area contributed by atoms with Gasteiger partial charge in [0.1, 0.15) is 18.1 Å². The van der Waals surface area contributed by atoms with Crippen molar-refractivity contribution in [1.29, 1.82) is 0 Å². The number of aliphatic hydroxyl groups is 1. The van der Waals surface area contributed by atoms with Crippen LogP contribution in [0.5, 0.6) is 0 Å². The molecule has 0 radical (unpaired) electrons. The van der Waals surface area contributed by atoms with Crippen molar-refractivity contribution in [3.05, 3.63) is 64.6 Å². The number of rotatable bonds is 9. The van der Waals surface area contributed by atoms with Gasteiger partial charge in [-0.05, 0) is 73.1 Å². The Kier molecular flexibility index (Phi) is 7.69. The third-order valence-electron chi connectivity index (χ3n) is 7.78. The van der Waals surface area contributed by atoms with Crippen LogP contribution in [-0.2, 0) is 25.7 Å². The standard InChI is InChI=1S/C28H32BNO8/c1-16(10-20-7-8-21(13-31)38-20)6-9-24-25-17(14-36-2)11-22-26(23(25)15-37-24)28(33)30(27(22)32)19-5-3-4-18(12-19)29(34)35/h3-5,7-8,10,12,22-24,26,31,34-35H,6,9,11,13-15H2,1-2H3/b16-10+/t22-,23+,24-,26-/m1/s1. The number of fused-ring (bicyclic) bond motifs is 3. The molecule has 2 saturated heterocycles. The normalized spacial score (nSPS) is 25.3. The fourth-order valence-corrected chi connectivity index (χ4v) is 6.09. The van der Waals surface area contributed by atoms with Gasteiger partial charge in [0.25, 0.3) is 0 Å². The van der Waals surface area contributed by atoms with Gasteiger partial charge in [0.2, 0.25) is 11.8 Å². The van der Waals surface area contributed by atoms with Gasteiger partial charge in [-0.2, -0.15) is 0 Å². The van der Waals surface area contributed by atoms with Gasteiger partial charge in [0.05, 0.1) is 36.8 Å². The summed E-state index contributed by atoms with van der Waals surface area (Å²) >= 11 is 0. The lowest BCUT2D eigenvalue weighted by Crippen LogP contribution is -2.36. The highest BCUT2D eigenvalue weighted by atomic mass is 16.5. The number of aliphatic hydroxyl groups excluding tert-OH is 1. The summed E-state index contributed by atoms with van der Waals surface area (Å²) in [6, 6.07) is 9.80. The smallest absolute Gasteiger partial charge is 0.459 e. The summed E-state index contributed by atoms with van der Waals surface area (Å²) in [5.74, 6) is -0.596. The molecule has 4 atom stereocenters. The van der Waals surface area contributed by atoms with E-state index in [0.717, 1.165) is 23.1 Å². The molecule has 2 fully saturated rings. The van der Waals surface area contributed by atoms with Crippen LogP contribution in [0.2, 0.25) is 0 Å². The molecule has 2 aromatic rings. The van der Waals surface area contributed by atoms with Gasteiger partial charge in [-0.3, -0.25) is 14.5 Å². The zero-order valence-electron chi connectivity index (χ0n) is 21.5. The predicted molar refractivity (Wildman–Crippen MR) is 140 cm³/mol. The van der Waals surface area contributed by atoms with E-state index in [-0.39, 0.29) is 35.9 Å². The first-order valence-corrected chi connectivity index (χ1v) is 12.8. The monoisotopic (exact) mass is 521 g/mol. The van der Waals surface area contributed by atoms with Crippen LogP contribution in [0.15, 0.2) is 57.5 Å². The largest absolute Gasteiger partial charge is 0.488 e. The number of furan rings is 1. The second-order valence-electron chi connectivity index (χ2n) is 10.2. The molecule has 9 nitrogen and oxygen atoms in total. The molecule has 3 N–H and O–H groups in total. The van der Waals surface area contributed by atoms with Crippen molar-refractivity contribution in [3.8, 4) is 0 Å². The van der Waals surface area contributed by atoms with Crippen LogP contribution in [0.25, 0.3) is 6.08 Å². The Bertz CT molecular complexity index is 1280. The maximum atomic E-state index is 13.7. The van der Waals surface area contributed by atoms with Crippen LogP contribution in [0.3, 0.4) is 0 Å². The minimum atomic E-state index is -1.70. The van der Waals surface area contributed by atoms with Gasteiger partial charge in [-0.15, -0.1) is 0 Å². The zero-order valence-corrected chi connectivity index (χ0v) is 21.5. The average molecular weight is 521 g/mol. The van der Waals surface area contributed by atoms with Crippen molar-refractivity contribution >= 4 is 36.2 Å². The van der Waals surface area contributed by atoms with Crippen LogP contribution in [0, 0.1) is 17.8 Å². The molecular weight excluding hydrogens is 489 g/mol. The van der Waals surface area contributed by atoms with Crippen molar-refractivity contribution in [2.45, 2.75) is 38.9 Å². The molecular formula is C28H32BNO8. The van der Waals surface area contributed by atoms with Gasteiger partial charge in [-0.25, -0.2) is 0 Å². The van der Waals surface area contributed by atoms with E-state index < -0.39 is 19.0 Å². The van der Waals surface area contributed by atoms with Crippen molar-refractivity contribution in [2.24, 2.45) is 17.8 Å². The maximum absolute atomic E-state index is 13.7. The Hall–Kier alpha value is -3.02. The Labute approximate surface area is 221 Å². The molecule has 38 heavy (non-hydrogen) atoms. The van der Waals surface area contributed by atoms with E-state index in [4.69, 9.17) is 13.9 Å². The van der Waals surface area contributed by atoms with Gasteiger partial charge in [0.15, 0.2) is 0 Å². The number of hydrogen-bond acceptors (Lipinski definition) is 8. The second-order valence-corrected chi connectivity index (χ2v) is 10.2. The van der Waals surface area contributed by atoms with E-state index in [1.54, 1.807) is 25.3 Å². The van der Waals surface area contributed by atoms with E-state index in [1.165, 1.54) is 17.0 Å². The molecule has 1 aromatic carbocycles. The van der Waals surface area contributed by atoms with E-state index in [2.05, 4.69) is 0 Å². The molecule has 1 aromatic heterocycles. The molecule has 2 amide bonds. The van der Waals surface area contributed by atoms with Gasteiger partial charge < -0.3 is 29.0 Å². The first-order valence-electron chi connectivity index (χ1n) is 12.8. The SMILES string of the molecule is COCC1=C2[C@@H](CC/C(C)=C/c3ccc(CO)o3)OC[C@@H]2[C@@H]2C(=O)N(c3cccc(B(O)O)c3)C(=O)[C@@H]2C1. The fourth-order valence-electron chi connectivity index (χ4n) is 6.09. The van der Waals surface area contributed by atoms with Crippen LogP contribution in [-0.4, -0.2) is 60.5 Å². The molecule has 0 bridgehead atoms. The summed E-state index contributed by atoms with van der Waals surface area (Å²) < 4.78 is 17.3. The lowest BCUT2D eigenvalue weighted by Gasteiger charge is -2.31. The van der Waals surface area contributed by atoms with E-state index in [1.807, 2.05) is 19.1 Å². The Morgan fingerprint density at radius 1 is 1.18 bits per heavy atom. The highest BCUT2D eigenvalue weighted by Crippen LogP contribution is 2.50. The lowest BCUT2D eigenvalue weighted by atomic mass is 9.69. The average Bonchev–Trinajstić information content (AvgIpc) is 3.60. The van der Waals surface area contributed by atoms with Crippen LogP contribution in [0.1, 0.15) is 37.7 Å². The number of methoxy groups -OCH3 is 1. The van der Waals surface area contributed by atoms with Crippen molar-refractivity contribution in [3.63, 3.8) is 0 Å². The molecule has 0 saturated carbocycles. The molecule has 1 aliphatic carbocycles. The summed E-state index contributed by atoms with van der Waals surface area (Å²) in [5.41, 5.74) is 3.75. The number of ether oxygens (including phenoxy) is 2. The van der Waals surface area contributed by atoms with Crippen molar-refractivity contribution in [2.75, 3.05) is 25.2 Å². The number of amides is 2. The first kappa shape index (κ1) is 26.6. The quantitative estimate of drug-likeness (QED) is 0.259. The van der Waals surface area contributed by atoms with Crippen LogP contribution < -0.4 is 10.4 Å². The Morgan fingerprint density at radius 3 is 2.71 bits per heavy atom. The Balaban J connectivity index is 1.37. The highest BCUT2D eigenvalue weighted by Gasteiger charge is 2.57. The first-order chi connectivity index (χ1) is 18.3. The van der Waals surface area contributed by atoms with Crippen LogP contribution in [0.4, 0.5) is 5.69 Å². The molecule has 0 unspecified atom stereocenters. The maximum Gasteiger partial charge on any atom is 0.488 e. The minimum absolute atomic E-state index is 0.143. The molecule has 5 rings (SSSR count). The number of anilines is 1. The molecule has 3 aliphatic rings. The number of benzene rings is 1. The third-order valence-corrected chi connectivity index (χ3v) is 7.78. The molecule has 200 valence electrons. The number of carbonyl (C=O) groups excluding carboxylic acids is 2. The number of allylic oxidation sites excluding steroid dienone is 1. The zero-order chi connectivity index (χ0) is 27.0. The summed E-state index contributed by atoms with van der Waals surface area (Å²) in [4.78, 5) is 28.4. The number of hydrogen-bond donors (Lipinski definition) is 3. The van der Waals surface area contributed by atoms with Crippen LogP contribution >= 0.6 is 0 Å². The van der Waals surface area contributed by atoms with E-state index in [0.29, 0.717) is 43.3 Å². The number of imide groups is 1. The van der Waals surface area contributed by atoms with Gasteiger partial charge >= 0.3 is 7.12 Å². The predicted octanol–water partition coefficient (Wildman–Crippen LogP) is 1.80. The van der Waals surface area contributed by atoms with Gasteiger partial charge in [0, 0.05) is 13.0 Å². The third kappa shape index (κ3) is 4.90. The van der Waals surface area contributed by atoms with Gasteiger partial charge in [-0.1, -0.05) is 17.7 Å². The summed E-state index contributed by atoms with van der Waals surface area (Å²) in [6.07, 6.45) is 3.66. The number of carbonyl (C=O) groups is 2. The molecule has 3 heterocycles. The second kappa shape index (κ2) is 11.0. The lowest BCUT2D eigenvalue weighted by molar-refractivity contribution is -0.122. The number of nitrogens with zero attached hydrogens (tertiary/aromatic N) is 1. The fraction of sp³-hybridized carbons (Fsp3) is 0.429. The Morgan fingerprint density at radius 2 is 2.00 bits per heavy atom. The van der Waals surface area contributed by atoms with Crippen molar-refractivity contribution < 1.29 is 38.6 Å². The summed E-state index contributed by atoms with van der Waals surface area (Å²) in [7, 11) is -0.0756. The van der Waals surface area contributed by atoms with E-state index >= 15 is 0 Å². The summed E-state index contributed by atoms with van der Waals surface area (Å²) in [6.45, 7) is 2.60. The molecule has 0 spiro atoms. The highest BCUT2D eigenvalue weighted by molar-refractivity contribution is 6.58. The van der Waals surface area contributed by atoms with E-state index in [9.17, 15) is 24.7 Å². The minimum Gasteiger partial charge on any atom is -0.459 e. The van der Waals surface area contributed by atoms with Crippen molar-refractivity contribution in [1.82, 2.24) is 0 Å². The molecule has 10 heteroatoms. The molecule has 2 aliphatic heterocycles. The summed E-state index contributed by atoms with van der Waals surface area (Å²) in [5, 5.41) is 28.4.